The molecule has 2 atom stereocenters. The van der Waals surface area contributed by atoms with Gasteiger partial charge in [0.05, 0.1) is 0 Å². The second kappa shape index (κ2) is 5.13. The number of nitrogens with zero attached hydrogens (tertiary/aromatic N) is 1. The first-order chi connectivity index (χ1) is 9.24. The molecule has 2 aromatic rings. The van der Waals surface area contributed by atoms with Crippen LogP contribution in [0.4, 0.5) is 5.82 Å². The molecule has 1 N–H and O–H groups in total. The predicted octanol–water partition coefficient (Wildman–Crippen LogP) is 3.59. The average Bonchev–Trinajstić information content (AvgIpc) is 3.23. The Morgan fingerprint density at radius 3 is 2.68 bits per heavy atom. The Bertz CT molecular complexity index is 583. The third kappa shape index (κ3) is 2.84. The first-order valence-corrected chi connectivity index (χ1v) is 7.01. The highest BCUT2D eigenvalue weighted by Crippen LogP contribution is 2.47. The van der Waals surface area contributed by atoms with E-state index in [0.717, 1.165) is 10.9 Å². The molecule has 1 aromatic heterocycles. The van der Waals surface area contributed by atoms with E-state index in [1.54, 1.807) is 12.3 Å². The Morgan fingerprint density at radius 2 is 2.00 bits per heavy atom. The van der Waals surface area contributed by atoms with Crippen molar-refractivity contribution in [2.75, 3.05) is 5.32 Å². The van der Waals surface area contributed by atoms with Crippen molar-refractivity contribution in [2.24, 2.45) is 5.92 Å². The number of hydrogen-bond donors (Lipinski definition) is 1. The molecule has 0 spiro atoms. The van der Waals surface area contributed by atoms with E-state index in [4.69, 9.17) is 0 Å². The first kappa shape index (κ1) is 12.4. The number of halogens is 1. The molecule has 1 aromatic carbocycles. The molecule has 3 rings (SSSR count). The van der Waals surface area contributed by atoms with Gasteiger partial charge < -0.3 is 5.32 Å². The van der Waals surface area contributed by atoms with Gasteiger partial charge in [-0.25, -0.2) is 4.98 Å². The van der Waals surface area contributed by atoms with Crippen molar-refractivity contribution in [3.8, 4) is 0 Å². The highest BCUT2D eigenvalue weighted by Gasteiger charge is 2.43. The summed E-state index contributed by atoms with van der Waals surface area (Å²) in [7, 11) is 0. The Labute approximate surface area is 120 Å². The van der Waals surface area contributed by atoms with Gasteiger partial charge in [0, 0.05) is 16.6 Å². The summed E-state index contributed by atoms with van der Waals surface area (Å²) in [6.45, 7) is 0. The molecule has 1 aliphatic rings. The van der Waals surface area contributed by atoms with E-state index in [9.17, 15) is 4.79 Å². The largest absolute Gasteiger partial charge is 0.310 e. The smallest absolute Gasteiger partial charge is 0.229 e. The van der Waals surface area contributed by atoms with Crippen LogP contribution in [-0.2, 0) is 4.79 Å². The number of hydrogen-bond acceptors (Lipinski definition) is 2. The number of carbonyl (C=O) groups is 1. The highest BCUT2D eigenvalue weighted by molar-refractivity contribution is 9.10. The molecule has 0 aliphatic heterocycles. The molecule has 96 valence electrons. The van der Waals surface area contributed by atoms with E-state index in [0.29, 0.717) is 11.7 Å². The number of pyridine rings is 1. The van der Waals surface area contributed by atoms with Gasteiger partial charge in [-0.3, -0.25) is 4.79 Å². The van der Waals surface area contributed by atoms with E-state index in [2.05, 4.69) is 38.4 Å². The van der Waals surface area contributed by atoms with E-state index >= 15 is 0 Å². The second-order valence-corrected chi connectivity index (χ2v) is 5.63. The van der Waals surface area contributed by atoms with Crippen molar-refractivity contribution in [1.29, 1.82) is 0 Å². The number of benzene rings is 1. The lowest BCUT2D eigenvalue weighted by Gasteiger charge is -2.04. The van der Waals surface area contributed by atoms with Gasteiger partial charge >= 0.3 is 0 Å². The van der Waals surface area contributed by atoms with Crippen molar-refractivity contribution in [1.82, 2.24) is 4.98 Å². The van der Waals surface area contributed by atoms with Gasteiger partial charge in [-0.05, 0) is 46.0 Å². The van der Waals surface area contributed by atoms with Crippen LogP contribution in [0.2, 0.25) is 0 Å². The summed E-state index contributed by atoms with van der Waals surface area (Å²) in [4.78, 5) is 16.2. The van der Waals surface area contributed by atoms with Crippen LogP contribution in [0.25, 0.3) is 0 Å². The minimum atomic E-state index is 0.0590. The molecule has 2 unspecified atom stereocenters. The first-order valence-electron chi connectivity index (χ1n) is 6.21. The third-order valence-corrected chi connectivity index (χ3v) is 3.80. The molecule has 1 fully saturated rings. The molecule has 0 radical (unpaired) electrons. The van der Waals surface area contributed by atoms with Crippen LogP contribution >= 0.6 is 15.9 Å². The maximum Gasteiger partial charge on any atom is 0.229 e. The van der Waals surface area contributed by atoms with Crippen LogP contribution < -0.4 is 5.32 Å². The zero-order valence-corrected chi connectivity index (χ0v) is 11.8. The molecule has 1 aliphatic carbocycles. The highest BCUT2D eigenvalue weighted by atomic mass is 79.9. The van der Waals surface area contributed by atoms with E-state index in [-0.39, 0.29) is 11.8 Å². The maximum atomic E-state index is 12.1. The molecule has 19 heavy (non-hydrogen) atoms. The lowest BCUT2D eigenvalue weighted by molar-refractivity contribution is -0.117. The number of anilines is 1. The van der Waals surface area contributed by atoms with Crippen LogP contribution in [-0.4, -0.2) is 10.9 Å². The molecule has 3 nitrogen and oxygen atoms in total. The number of rotatable bonds is 3. The summed E-state index contributed by atoms with van der Waals surface area (Å²) in [5.74, 6) is 1.10. The summed E-state index contributed by atoms with van der Waals surface area (Å²) < 4.78 is 0.902. The van der Waals surface area contributed by atoms with Crippen LogP contribution in [0.15, 0.2) is 53.1 Å². The molecule has 1 saturated carbocycles. The zero-order valence-electron chi connectivity index (χ0n) is 10.2. The summed E-state index contributed by atoms with van der Waals surface area (Å²) in [6.07, 6.45) is 2.60. The zero-order chi connectivity index (χ0) is 13.2. The minimum Gasteiger partial charge on any atom is -0.310 e. The fourth-order valence-electron chi connectivity index (χ4n) is 2.22. The molecule has 0 bridgehead atoms. The molecule has 0 saturated heterocycles. The molecule has 4 heteroatoms. The van der Waals surface area contributed by atoms with Gasteiger partial charge in [-0.2, -0.15) is 0 Å². The topological polar surface area (TPSA) is 42.0 Å². The normalized spacial score (nSPS) is 20.9. The lowest BCUT2D eigenvalue weighted by Crippen LogP contribution is -2.15. The van der Waals surface area contributed by atoms with Gasteiger partial charge in [0.25, 0.3) is 0 Å². The van der Waals surface area contributed by atoms with Gasteiger partial charge in [-0.1, -0.05) is 30.3 Å². The lowest BCUT2D eigenvalue weighted by atomic mass is 10.1. The van der Waals surface area contributed by atoms with Crippen LogP contribution in [0, 0.1) is 5.92 Å². The minimum absolute atomic E-state index is 0.0590. The van der Waals surface area contributed by atoms with Crippen molar-refractivity contribution in [3.05, 3.63) is 58.7 Å². The predicted molar refractivity (Wildman–Crippen MR) is 77.9 cm³/mol. The van der Waals surface area contributed by atoms with Gasteiger partial charge in [0.15, 0.2) is 0 Å². The van der Waals surface area contributed by atoms with Crippen LogP contribution in [0.5, 0.6) is 0 Å². The molecule has 1 heterocycles. The summed E-state index contributed by atoms with van der Waals surface area (Å²) in [5.41, 5.74) is 1.24. The van der Waals surface area contributed by atoms with E-state index in [1.807, 2.05) is 24.3 Å². The van der Waals surface area contributed by atoms with Crippen molar-refractivity contribution in [2.45, 2.75) is 12.3 Å². The van der Waals surface area contributed by atoms with E-state index in [1.165, 1.54) is 5.56 Å². The monoisotopic (exact) mass is 316 g/mol. The third-order valence-electron chi connectivity index (χ3n) is 3.33. The van der Waals surface area contributed by atoms with Crippen LogP contribution in [0.1, 0.15) is 17.9 Å². The standard InChI is InChI=1S/C15H13BrN2O/c16-11-6-7-14(17-9-11)18-15(19)13-8-12(13)10-4-2-1-3-5-10/h1-7,9,12-13H,8H2,(H,17,18,19). The van der Waals surface area contributed by atoms with Gasteiger partial charge in [0.2, 0.25) is 5.91 Å². The Balaban J connectivity index is 1.63. The molecular weight excluding hydrogens is 304 g/mol. The summed E-state index contributed by atoms with van der Waals surface area (Å²) in [5, 5.41) is 2.86. The Hall–Kier alpha value is -1.68. The van der Waals surface area contributed by atoms with Crippen molar-refractivity contribution >= 4 is 27.7 Å². The second-order valence-electron chi connectivity index (χ2n) is 4.71. The maximum absolute atomic E-state index is 12.1. The number of carbonyl (C=O) groups excluding carboxylic acids is 1. The fraction of sp³-hybridized carbons (Fsp3) is 0.200. The Morgan fingerprint density at radius 1 is 1.21 bits per heavy atom. The number of amides is 1. The van der Waals surface area contributed by atoms with Gasteiger partial charge in [0.1, 0.15) is 5.82 Å². The van der Waals surface area contributed by atoms with Crippen molar-refractivity contribution < 1.29 is 4.79 Å². The van der Waals surface area contributed by atoms with Crippen molar-refractivity contribution in [3.63, 3.8) is 0 Å². The van der Waals surface area contributed by atoms with Gasteiger partial charge in [-0.15, -0.1) is 0 Å². The summed E-state index contributed by atoms with van der Waals surface area (Å²) >= 11 is 3.32. The number of nitrogens with one attached hydrogen (secondary N) is 1. The number of aromatic nitrogens is 1. The van der Waals surface area contributed by atoms with Crippen LogP contribution in [0.3, 0.4) is 0 Å². The SMILES string of the molecule is O=C(Nc1ccc(Br)cn1)C1CC1c1ccccc1. The fourth-order valence-corrected chi connectivity index (χ4v) is 2.46. The molecular formula is C15H13BrN2O. The average molecular weight is 317 g/mol. The summed E-state index contributed by atoms with van der Waals surface area (Å²) in [6, 6.07) is 13.8. The quantitative estimate of drug-likeness (QED) is 0.940. The van der Waals surface area contributed by atoms with E-state index < -0.39 is 0 Å². The Kier molecular flexibility index (Phi) is 3.34. The molecule has 1 amide bonds.